The van der Waals surface area contributed by atoms with Gasteiger partial charge in [0, 0.05) is 15.7 Å². The fourth-order valence-corrected chi connectivity index (χ4v) is 6.62. The SMILES string of the molecule is COC(=O)N1C(C)C[C@H](NS(=O)(=O)CC(F)F)[C@@H]1COC1CCC(c2cccc(I)c2)CC1. The van der Waals surface area contributed by atoms with Gasteiger partial charge in [-0.2, -0.15) is 0 Å². The number of benzene rings is 1. The van der Waals surface area contributed by atoms with Gasteiger partial charge in [-0.25, -0.2) is 26.7 Å². The van der Waals surface area contributed by atoms with Crippen LogP contribution in [0, 0.1) is 3.57 Å². The molecule has 186 valence electrons. The van der Waals surface area contributed by atoms with Crippen LogP contribution < -0.4 is 4.72 Å². The zero-order valence-electron chi connectivity index (χ0n) is 18.8. The molecule has 11 heteroatoms. The van der Waals surface area contributed by atoms with Gasteiger partial charge in [-0.05, 0) is 85.2 Å². The predicted octanol–water partition coefficient (Wildman–Crippen LogP) is 4.12. The zero-order chi connectivity index (χ0) is 24.2. The summed E-state index contributed by atoms with van der Waals surface area (Å²) >= 11 is 2.31. The number of hydrogen-bond acceptors (Lipinski definition) is 5. The van der Waals surface area contributed by atoms with Gasteiger partial charge >= 0.3 is 6.09 Å². The molecule has 2 aliphatic rings. The number of hydrogen-bond donors (Lipinski definition) is 1. The quantitative estimate of drug-likeness (QED) is 0.455. The monoisotopic (exact) mass is 600 g/mol. The molecule has 1 heterocycles. The first-order valence-electron chi connectivity index (χ1n) is 11.1. The van der Waals surface area contributed by atoms with E-state index in [1.807, 2.05) is 0 Å². The second kappa shape index (κ2) is 11.6. The minimum Gasteiger partial charge on any atom is -0.453 e. The van der Waals surface area contributed by atoms with Crippen LogP contribution in [0.4, 0.5) is 13.6 Å². The molecule has 1 saturated carbocycles. The Hall–Kier alpha value is -1.05. The molecule has 3 rings (SSSR count). The van der Waals surface area contributed by atoms with Crippen LogP contribution in [0.25, 0.3) is 0 Å². The van der Waals surface area contributed by atoms with Crippen LogP contribution in [0.5, 0.6) is 0 Å². The van der Waals surface area contributed by atoms with Crippen LogP contribution in [-0.4, -0.2) is 69.5 Å². The highest BCUT2D eigenvalue weighted by molar-refractivity contribution is 14.1. The number of nitrogens with one attached hydrogen (secondary N) is 1. The average molecular weight is 600 g/mol. The second-order valence-electron chi connectivity index (χ2n) is 8.79. The molecular formula is C22H31F2IN2O5S. The molecule has 33 heavy (non-hydrogen) atoms. The number of alkyl halides is 2. The lowest BCUT2D eigenvalue weighted by Gasteiger charge is -2.33. The Morgan fingerprint density at radius 3 is 2.58 bits per heavy atom. The molecule has 0 aromatic heterocycles. The summed E-state index contributed by atoms with van der Waals surface area (Å²) < 4.78 is 64.2. The number of carbonyl (C=O) groups is 1. The fraction of sp³-hybridized carbons (Fsp3) is 0.682. The lowest BCUT2D eigenvalue weighted by Crippen LogP contribution is -2.51. The third-order valence-corrected chi connectivity index (χ3v) is 8.47. The topological polar surface area (TPSA) is 84.9 Å². The summed E-state index contributed by atoms with van der Waals surface area (Å²) in [6, 6.07) is 6.83. The van der Waals surface area contributed by atoms with Gasteiger partial charge in [0.25, 0.3) is 6.43 Å². The molecule has 1 aromatic rings. The second-order valence-corrected chi connectivity index (χ2v) is 11.8. The van der Waals surface area contributed by atoms with Gasteiger partial charge in [0.15, 0.2) is 0 Å². The van der Waals surface area contributed by atoms with Crippen molar-refractivity contribution in [1.82, 2.24) is 9.62 Å². The summed E-state index contributed by atoms with van der Waals surface area (Å²) in [5, 5.41) is 0. The van der Waals surface area contributed by atoms with E-state index in [0.717, 1.165) is 25.7 Å². The summed E-state index contributed by atoms with van der Waals surface area (Å²) in [5.41, 5.74) is 1.33. The number of carbonyl (C=O) groups excluding carboxylic acids is 1. The lowest BCUT2D eigenvalue weighted by molar-refractivity contribution is -0.00861. The van der Waals surface area contributed by atoms with E-state index < -0.39 is 40.4 Å². The molecule has 1 unspecified atom stereocenters. The maximum absolute atomic E-state index is 12.7. The third kappa shape index (κ3) is 7.22. The van der Waals surface area contributed by atoms with Crippen molar-refractivity contribution in [2.45, 2.75) is 75.6 Å². The minimum atomic E-state index is -4.20. The molecule has 1 N–H and O–H groups in total. The van der Waals surface area contributed by atoms with Gasteiger partial charge in [0.1, 0.15) is 5.75 Å². The highest BCUT2D eigenvalue weighted by atomic mass is 127. The molecule has 1 aromatic carbocycles. The van der Waals surface area contributed by atoms with E-state index in [1.165, 1.54) is 21.1 Å². The van der Waals surface area contributed by atoms with Gasteiger partial charge in [-0.15, -0.1) is 0 Å². The molecule has 1 saturated heterocycles. The Bertz CT molecular complexity index is 912. The molecule has 1 amide bonds. The van der Waals surface area contributed by atoms with Crippen molar-refractivity contribution >= 4 is 38.7 Å². The van der Waals surface area contributed by atoms with E-state index in [0.29, 0.717) is 12.3 Å². The summed E-state index contributed by atoms with van der Waals surface area (Å²) in [7, 11) is -2.94. The van der Waals surface area contributed by atoms with Crippen molar-refractivity contribution in [3.8, 4) is 0 Å². The molecule has 0 bridgehead atoms. The van der Waals surface area contributed by atoms with Gasteiger partial charge in [0.05, 0.1) is 25.9 Å². The Labute approximate surface area is 207 Å². The number of sulfonamides is 1. The van der Waals surface area contributed by atoms with Crippen molar-refractivity contribution in [2.75, 3.05) is 19.5 Å². The highest BCUT2D eigenvalue weighted by Gasteiger charge is 2.44. The van der Waals surface area contributed by atoms with Crippen LogP contribution in [0.3, 0.4) is 0 Å². The van der Waals surface area contributed by atoms with Crippen LogP contribution in [0.15, 0.2) is 24.3 Å². The number of likely N-dealkylation sites (tertiary alicyclic amines) is 1. The Morgan fingerprint density at radius 1 is 1.27 bits per heavy atom. The third-order valence-electron chi connectivity index (χ3n) is 6.45. The van der Waals surface area contributed by atoms with Crippen molar-refractivity contribution in [2.24, 2.45) is 0 Å². The van der Waals surface area contributed by atoms with Crippen LogP contribution >= 0.6 is 22.6 Å². The molecule has 2 fully saturated rings. The van der Waals surface area contributed by atoms with Crippen LogP contribution in [0.1, 0.15) is 50.5 Å². The normalized spacial score (nSPS) is 28.3. The molecule has 0 radical (unpaired) electrons. The first-order chi connectivity index (χ1) is 15.6. The van der Waals surface area contributed by atoms with Crippen molar-refractivity contribution in [3.05, 3.63) is 33.4 Å². The number of halogens is 3. The van der Waals surface area contributed by atoms with Gasteiger partial charge in [-0.3, -0.25) is 4.90 Å². The Morgan fingerprint density at radius 2 is 1.97 bits per heavy atom. The van der Waals surface area contributed by atoms with E-state index in [-0.39, 0.29) is 18.8 Å². The van der Waals surface area contributed by atoms with Crippen molar-refractivity contribution in [1.29, 1.82) is 0 Å². The van der Waals surface area contributed by atoms with Crippen molar-refractivity contribution in [3.63, 3.8) is 0 Å². The smallest absolute Gasteiger partial charge is 0.410 e. The van der Waals surface area contributed by atoms with E-state index in [9.17, 15) is 22.0 Å². The minimum absolute atomic E-state index is 0.00208. The standard InChI is InChI=1S/C22H31F2IN2O5S/c1-14-10-19(26-33(29,30)13-21(23)24)20(27(14)22(28)31-2)12-32-18-8-6-15(7-9-18)16-4-3-5-17(25)11-16/h3-5,11,14-15,18-21,26H,6-10,12-13H2,1-2H3/t14?,15?,18?,19-,20-/m0/s1. The maximum Gasteiger partial charge on any atom is 0.410 e. The van der Waals surface area contributed by atoms with E-state index in [2.05, 4.69) is 51.6 Å². The van der Waals surface area contributed by atoms with Crippen LogP contribution in [-0.2, 0) is 19.5 Å². The summed E-state index contributed by atoms with van der Waals surface area (Å²) in [6.07, 6.45) is 0.415. The molecule has 1 aliphatic carbocycles. The fourth-order valence-electron chi connectivity index (χ4n) is 4.91. The van der Waals surface area contributed by atoms with E-state index >= 15 is 0 Å². The first kappa shape index (κ1) is 26.6. The average Bonchev–Trinajstić information content (AvgIpc) is 3.04. The lowest BCUT2D eigenvalue weighted by atomic mass is 9.83. The molecule has 0 spiro atoms. The van der Waals surface area contributed by atoms with E-state index in [4.69, 9.17) is 9.47 Å². The van der Waals surface area contributed by atoms with Gasteiger partial charge in [-0.1, -0.05) is 12.1 Å². The summed E-state index contributed by atoms with van der Waals surface area (Å²) in [5.74, 6) is -0.793. The van der Waals surface area contributed by atoms with Gasteiger partial charge < -0.3 is 9.47 Å². The number of amides is 1. The molecule has 3 atom stereocenters. The highest BCUT2D eigenvalue weighted by Crippen LogP contribution is 2.35. The Balaban J connectivity index is 1.62. The summed E-state index contributed by atoms with van der Waals surface area (Å²) in [4.78, 5) is 13.8. The number of methoxy groups -OCH3 is 1. The number of ether oxygens (including phenoxy) is 2. The number of rotatable bonds is 8. The van der Waals surface area contributed by atoms with Crippen LogP contribution in [0.2, 0.25) is 0 Å². The summed E-state index contributed by atoms with van der Waals surface area (Å²) in [6.45, 7) is 1.89. The largest absolute Gasteiger partial charge is 0.453 e. The van der Waals surface area contributed by atoms with Crippen molar-refractivity contribution < 1.29 is 31.5 Å². The zero-order valence-corrected chi connectivity index (χ0v) is 21.7. The maximum atomic E-state index is 12.7. The molecular weight excluding hydrogens is 569 g/mol. The van der Waals surface area contributed by atoms with E-state index in [1.54, 1.807) is 6.92 Å². The molecule has 1 aliphatic heterocycles. The molecule has 7 nitrogen and oxygen atoms in total. The Kier molecular flexibility index (Phi) is 9.32. The predicted molar refractivity (Wildman–Crippen MR) is 129 cm³/mol. The van der Waals surface area contributed by atoms with Gasteiger partial charge in [0.2, 0.25) is 10.0 Å². The number of nitrogens with zero attached hydrogens (tertiary/aromatic N) is 1. The first-order valence-corrected chi connectivity index (χ1v) is 13.8.